The van der Waals surface area contributed by atoms with Crippen LogP contribution in [0.25, 0.3) is 0 Å². The average molecular weight is 361 g/mol. The first-order valence-corrected chi connectivity index (χ1v) is 9.31. The zero-order valence-electron chi connectivity index (χ0n) is 15.1. The first-order chi connectivity index (χ1) is 13.3. The number of nitrogens with zero attached hydrogens (tertiary/aromatic N) is 3. The maximum atomic E-state index is 12.3. The summed E-state index contributed by atoms with van der Waals surface area (Å²) in [7, 11) is 0. The molecule has 1 aromatic carbocycles. The molecule has 27 heavy (non-hydrogen) atoms. The Hall–Kier alpha value is -3.15. The molecule has 6 heteroatoms. The molecule has 2 aromatic heterocycles. The van der Waals surface area contributed by atoms with Gasteiger partial charge < -0.3 is 10.6 Å². The largest absolute Gasteiger partial charge is 0.334 e. The van der Waals surface area contributed by atoms with Crippen molar-refractivity contribution in [2.45, 2.75) is 38.4 Å². The third-order valence-corrected chi connectivity index (χ3v) is 4.95. The summed E-state index contributed by atoms with van der Waals surface area (Å²) in [6.45, 7) is 1.25. The van der Waals surface area contributed by atoms with E-state index < -0.39 is 0 Å². The van der Waals surface area contributed by atoms with Gasteiger partial charge in [0.1, 0.15) is 0 Å². The molecule has 0 fully saturated rings. The molecule has 2 heterocycles. The van der Waals surface area contributed by atoms with Crippen LogP contribution >= 0.6 is 0 Å². The number of aromatic nitrogens is 3. The van der Waals surface area contributed by atoms with Crippen LogP contribution in [-0.4, -0.2) is 20.8 Å². The highest BCUT2D eigenvalue weighted by atomic mass is 16.2. The Bertz CT molecular complexity index is 891. The minimum Gasteiger partial charge on any atom is -0.334 e. The molecular weight excluding hydrogens is 338 g/mol. The topological polar surface area (TPSA) is 71.8 Å². The van der Waals surface area contributed by atoms with Crippen molar-refractivity contribution in [1.82, 2.24) is 25.4 Å². The highest BCUT2D eigenvalue weighted by molar-refractivity contribution is 5.74. The summed E-state index contributed by atoms with van der Waals surface area (Å²) >= 11 is 0. The number of pyridine rings is 1. The maximum absolute atomic E-state index is 12.3. The lowest BCUT2D eigenvalue weighted by atomic mass is 9.93. The molecule has 0 bridgehead atoms. The van der Waals surface area contributed by atoms with E-state index in [-0.39, 0.29) is 12.1 Å². The van der Waals surface area contributed by atoms with Crippen LogP contribution in [0, 0.1) is 0 Å². The van der Waals surface area contributed by atoms with Crippen LogP contribution in [0.5, 0.6) is 0 Å². The summed E-state index contributed by atoms with van der Waals surface area (Å²) < 4.78 is 2.06. The lowest BCUT2D eigenvalue weighted by molar-refractivity contribution is 0.235. The first-order valence-electron chi connectivity index (χ1n) is 9.31. The van der Waals surface area contributed by atoms with Crippen molar-refractivity contribution in [2.24, 2.45) is 0 Å². The zero-order valence-corrected chi connectivity index (χ0v) is 15.1. The highest BCUT2D eigenvalue weighted by Crippen LogP contribution is 2.29. The van der Waals surface area contributed by atoms with Crippen molar-refractivity contribution in [3.63, 3.8) is 0 Å². The van der Waals surface area contributed by atoms with Crippen LogP contribution in [0.1, 0.15) is 41.3 Å². The molecule has 0 saturated heterocycles. The standard InChI is InChI=1S/C21H23N5O/c27-21(23-13-16-9-11-22-12-10-16)25-19-7-4-8-20-18(19)14-24-26(20)15-17-5-2-1-3-6-17/h1-3,5-6,9-12,14,19H,4,7-8,13,15H2,(H2,23,25,27). The minimum atomic E-state index is -0.152. The monoisotopic (exact) mass is 361 g/mol. The Balaban J connectivity index is 1.40. The second-order valence-corrected chi connectivity index (χ2v) is 6.82. The van der Waals surface area contributed by atoms with Crippen molar-refractivity contribution in [1.29, 1.82) is 0 Å². The van der Waals surface area contributed by atoms with E-state index in [0.717, 1.165) is 36.9 Å². The summed E-state index contributed by atoms with van der Waals surface area (Å²) in [4.78, 5) is 16.3. The fraction of sp³-hybridized carbons (Fsp3) is 0.286. The molecule has 4 rings (SSSR count). The number of amides is 2. The molecule has 0 saturated carbocycles. The van der Waals surface area contributed by atoms with Crippen molar-refractivity contribution >= 4 is 6.03 Å². The van der Waals surface area contributed by atoms with Gasteiger partial charge in [0, 0.05) is 30.2 Å². The van der Waals surface area contributed by atoms with Gasteiger partial charge in [0.25, 0.3) is 0 Å². The number of urea groups is 1. The van der Waals surface area contributed by atoms with Gasteiger partial charge >= 0.3 is 6.03 Å². The molecule has 1 unspecified atom stereocenters. The number of carbonyl (C=O) groups excluding carboxylic acids is 1. The Kier molecular flexibility index (Phi) is 5.14. The number of fused-ring (bicyclic) bond motifs is 1. The number of rotatable bonds is 5. The van der Waals surface area contributed by atoms with E-state index in [1.165, 1.54) is 11.3 Å². The molecule has 138 valence electrons. The molecule has 3 aromatic rings. The number of benzene rings is 1. The van der Waals surface area contributed by atoms with E-state index in [1.54, 1.807) is 12.4 Å². The molecule has 0 spiro atoms. The molecule has 1 aliphatic carbocycles. The summed E-state index contributed by atoms with van der Waals surface area (Å²) in [5, 5.41) is 10.6. The maximum Gasteiger partial charge on any atom is 0.315 e. The van der Waals surface area contributed by atoms with Gasteiger partial charge in [0.05, 0.1) is 18.8 Å². The molecule has 0 aliphatic heterocycles. The number of carbonyl (C=O) groups is 1. The Morgan fingerprint density at radius 3 is 2.74 bits per heavy atom. The molecule has 1 aliphatic rings. The molecular formula is C21H23N5O. The van der Waals surface area contributed by atoms with Gasteiger partial charge in [0.15, 0.2) is 0 Å². The van der Waals surface area contributed by atoms with Crippen molar-refractivity contribution < 1.29 is 4.79 Å². The third-order valence-electron chi connectivity index (χ3n) is 4.95. The third kappa shape index (κ3) is 4.16. The summed E-state index contributed by atoms with van der Waals surface area (Å²) in [5.41, 5.74) is 4.62. The average Bonchev–Trinajstić information content (AvgIpc) is 3.12. The highest BCUT2D eigenvalue weighted by Gasteiger charge is 2.25. The summed E-state index contributed by atoms with van der Waals surface area (Å²) in [6, 6.07) is 14.0. The van der Waals surface area contributed by atoms with Crippen LogP contribution in [0.2, 0.25) is 0 Å². The van der Waals surface area contributed by atoms with E-state index >= 15 is 0 Å². The van der Waals surface area contributed by atoms with Gasteiger partial charge in [0.2, 0.25) is 0 Å². The zero-order chi connectivity index (χ0) is 18.5. The Labute approximate surface area is 158 Å². The smallest absolute Gasteiger partial charge is 0.315 e. The normalized spacial score (nSPS) is 15.8. The first kappa shape index (κ1) is 17.3. The Morgan fingerprint density at radius 1 is 1.11 bits per heavy atom. The SMILES string of the molecule is O=C(NCc1ccncc1)NC1CCCc2c1cnn2Cc1ccccc1. The Morgan fingerprint density at radius 2 is 1.93 bits per heavy atom. The van der Waals surface area contributed by atoms with Gasteiger partial charge in [-0.15, -0.1) is 0 Å². The molecule has 2 N–H and O–H groups in total. The molecule has 6 nitrogen and oxygen atoms in total. The van der Waals surface area contributed by atoms with Crippen molar-refractivity contribution in [3.05, 3.63) is 83.4 Å². The van der Waals surface area contributed by atoms with E-state index in [2.05, 4.69) is 37.5 Å². The van der Waals surface area contributed by atoms with E-state index in [4.69, 9.17) is 0 Å². The second-order valence-electron chi connectivity index (χ2n) is 6.82. The quantitative estimate of drug-likeness (QED) is 0.733. The number of nitrogens with one attached hydrogen (secondary N) is 2. The van der Waals surface area contributed by atoms with E-state index in [1.807, 2.05) is 36.5 Å². The predicted molar refractivity (Wildman–Crippen MR) is 103 cm³/mol. The lowest BCUT2D eigenvalue weighted by Gasteiger charge is -2.24. The van der Waals surface area contributed by atoms with Gasteiger partial charge in [-0.25, -0.2) is 4.79 Å². The van der Waals surface area contributed by atoms with Crippen LogP contribution in [0.3, 0.4) is 0 Å². The van der Waals surface area contributed by atoms with Crippen LogP contribution in [0.4, 0.5) is 4.79 Å². The number of hydrogen-bond donors (Lipinski definition) is 2. The van der Waals surface area contributed by atoms with Crippen LogP contribution in [-0.2, 0) is 19.5 Å². The van der Waals surface area contributed by atoms with Crippen LogP contribution < -0.4 is 10.6 Å². The minimum absolute atomic E-state index is 0.00992. The molecule has 2 amide bonds. The van der Waals surface area contributed by atoms with Gasteiger partial charge in [-0.1, -0.05) is 30.3 Å². The number of hydrogen-bond acceptors (Lipinski definition) is 3. The van der Waals surface area contributed by atoms with Gasteiger partial charge in [-0.05, 0) is 42.5 Å². The van der Waals surface area contributed by atoms with Gasteiger partial charge in [-0.2, -0.15) is 5.10 Å². The fourth-order valence-electron chi connectivity index (χ4n) is 3.55. The second kappa shape index (κ2) is 8.03. The predicted octanol–water partition coefficient (Wildman–Crippen LogP) is 3.20. The van der Waals surface area contributed by atoms with Crippen LogP contribution in [0.15, 0.2) is 61.1 Å². The van der Waals surface area contributed by atoms with Crippen molar-refractivity contribution in [2.75, 3.05) is 0 Å². The van der Waals surface area contributed by atoms with E-state index in [9.17, 15) is 4.79 Å². The molecule has 1 atom stereocenters. The summed E-state index contributed by atoms with van der Waals surface area (Å²) in [6.07, 6.45) is 8.34. The van der Waals surface area contributed by atoms with E-state index in [0.29, 0.717) is 6.54 Å². The molecule has 0 radical (unpaired) electrons. The summed E-state index contributed by atoms with van der Waals surface area (Å²) in [5.74, 6) is 0. The van der Waals surface area contributed by atoms with Gasteiger partial charge in [-0.3, -0.25) is 9.67 Å². The lowest BCUT2D eigenvalue weighted by Crippen LogP contribution is -2.38. The van der Waals surface area contributed by atoms with Crippen molar-refractivity contribution in [3.8, 4) is 0 Å². The fourth-order valence-corrected chi connectivity index (χ4v) is 3.55.